The molecule has 178 valence electrons. The molecule has 0 spiro atoms. The van der Waals surface area contributed by atoms with Crippen LogP contribution in [0.1, 0.15) is 27.0 Å². The first-order valence-corrected chi connectivity index (χ1v) is 10.9. The Balaban J connectivity index is 1.37. The lowest BCUT2D eigenvalue weighted by molar-refractivity contribution is -0.385. The highest BCUT2D eigenvalue weighted by Gasteiger charge is 2.12. The second-order valence-corrected chi connectivity index (χ2v) is 8.22. The average Bonchev–Trinajstić information content (AvgIpc) is 3.26. The first-order chi connectivity index (χ1) is 16.8. The number of nitrogens with one attached hydrogen (secondary N) is 1. The molecule has 1 amide bonds. The second kappa shape index (κ2) is 10.4. The van der Waals surface area contributed by atoms with Gasteiger partial charge in [0.15, 0.2) is 0 Å². The smallest absolute Gasteiger partial charge is 0.272 e. The van der Waals surface area contributed by atoms with Gasteiger partial charge in [0.05, 0.1) is 23.4 Å². The van der Waals surface area contributed by atoms with Crippen LogP contribution in [0.4, 0.5) is 15.8 Å². The predicted octanol–water partition coefficient (Wildman–Crippen LogP) is 5.77. The Bertz CT molecular complexity index is 1410. The zero-order valence-electron chi connectivity index (χ0n) is 18.6. The Morgan fingerprint density at radius 2 is 2.03 bits per heavy atom. The summed E-state index contributed by atoms with van der Waals surface area (Å²) in [6, 6.07) is 15.6. The maximum absolute atomic E-state index is 13.2. The molecule has 0 atom stereocenters. The number of hydrogen-bond acceptors (Lipinski definition) is 5. The third-order valence-corrected chi connectivity index (χ3v) is 5.55. The number of nitro benzene ring substituents is 1. The van der Waals surface area contributed by atoms with E-state index in [1.807, 2.05) is 6.07 Å². The van der Waals surface area contributed by atoms with Crippen molar-refractivity contribution in [2.75, 3.05) is 5.32 Å². The van der Waals surface area contributed by atoms with Crippen LogP contribution in [-0.2, 0) is 13.2 Å². The molecule has 10 heteroatoms. The molecule has 1 aromatic heterocycles. The van der Waals surface area contributed by atoms with E-state index in [4.69, 9.17) is 16.3 Å². The molecule has 8 nitrogen and oxygen atoms in total. The molecule has 0 aliphatic rings. The van der Waals surface area contributed by atoms with Gasteiger partial charge in [-0.3, -0.25) is 19.6 Å². The molecule has 0 saturated heterocycles. The Hall–Kier alpha value is -4.24. The lowest BCUT2D eigenvalue weighted by Gasteiger charge is -2.09. The summed E-state index contributed by atoms with van der Waals surface area (Å²) in [5, 5.41) is 18.3. The highest BCUT2D eigenvalue weighted by atomic mass is 35.5. The van der Waals surface area contributed by atoms with Crippen molar-refractivity contribution in [3.8, 4) is 5.75 Å². The van der Waals surface area contributed by atoms with Gasteiger partial charge in [-0.2, -0.15) is 5.10 Å². The van der Waals surface area contributed by atoms with Crippen LogP contribution >= 0.6 is 11.6 Å². The normalized spacial score (nSPS) is 10.7. The number of amides is 1. The summed E-state index contributed by atoms with van der Waals surface area (Å²) in [7, 11) is 0. The Labute approximate surface area is 205 Å². The Morgan fingerprint density at radius 3 is 2.77 bits per heavy atom. The fourth-order valence-corrected chi connectivity index (χ4v) is 3.66. The van der Waals surface area contributed by atoms with Crippen molar-refractivity contribution < 1.29 is 18.8 Å². The first kappa shape index (κ1) is 23.9. The number of ether oxygens (including phenoxy) is 1. The van der Waals surface area contributed by atoms with E-state index in [-0.39, 0.29) is 18.2 Å². The predicted molar refractivity (Wildman–Crippen MR) is 129 cm³/mol. The quantitative estimate of drug-likeness (QED) is 0.247. The maximum atomic E-state index is 13.2. The number of benzene rings is 3. The number of carbonyl (C=O) groups is 1. The average molecular weight is 495 g/mol. The molecule has 3 aromatic carbocycles. The molecule has 4 aromatic rings. The third-order valence-electron chi connectivity index (χ3n) is 5.20. The highest BCUT2D eigenvalue weighted by molar-refractivity contribution is 6.31. The molecular formula is C25H20ClFN4O4. The molecule has 1 heterocycles. The van der Waals surface area contributed by atoms with Crippen LogP contribution in [0, 0.1) is 22.9 Å². The van der Waals surface area contributed by atoms with Crippen LogP contribution in [0.3, 0.4) is 0 Å². The monoisotopic (exact) mass is 494 g/mol. The summed E-state index contributed by atoms with van der Waals surface area (Å²) < 4.78 is 20.6. The molecule has 0 aliphatic heterocycles. The van der Waals surface area contributed by atoms with Crippen LogP contribution in [0.15, 0.2) is 73.1 Å². The summed E-state index contributed by atoms with van der Waals surface area (Å²) in [5.74, 6) is -0.239. The zero-order chi connectivity index (χ0) is 24.9. The fraction of sp³-hybridized carbons (Fsp3) is 0.120. The molecule has 0 aliphatic carbocycles. The summed E-state index contributed by atoms with van der Waals surface area (Å²) in [6.07, 6.45) is 3.17. The Morgan fingerprint density at radius 1 is 1.20 bits per heavy atom. The van der Waals surface area contributed by atoms with Crippen molar-refractivity contribution in [3.63, 3.8) is 0 Å². The van der Waals surface area contributed by atoms with E-state index in [2.05, 4.69) is 10.4 Å². The van der Waals surface area contributed by atoms with E-state index in [9.17, 15) is 19.3 Å². The van der Waals surface area contributed by atoms with Crippen molar-refractivity contribution in [2.24, 2.45) is 0 Å². The fourth-order valence-electron chi connectivity index (χ4n) is 3.43. The van der Waals surface area contributed by atoms with Gasteiger partial charge >= 0.3 is 0 Å². The van der Waals surface area contributed by atoms with E-state index in [0.29, 0.717) is 39.7 Å². The largest absolute Gasteiger partial charge is 0.489 e. The van der Waals surface area contributed by atoms with Crippen LogP contribution in [0.5, 0.6) is 5.75 Å². The van der Waals surface area contributed by atoms with Gasteiger partial charge in [-0.05, 0) is 54.4 Å². The molecule has 4 rings (SSSR count). The summed E-state index contributed by atoms with van der Waals surface area (Å²) in [4.78, 5) is 23.2. The Kier molecular flexibility index (Phi) is 7.07. The number of aryl methyl sites for hydroxylation is 1. The minimum absolute atomic E-state index is 0.0279. The number of anilines is 1. The highest BCUT2D eigenvalue weighted by Crippen LogP contribution is 2.24. The van der Waals surface area contributed by atoms with E-state index >= 15 is 0 Å². The van der Waals surface area contributed by atoms with Crippen molar-refractivity contribution in [1.29, 1.82) is 0 Å². The standard InChI is InChI=1S/C25H20ClFN4O4/c1-16-9-22(7-8-24(16)31(33)34)35-15-17-3-2-4-18(10-17)25(32)29-21-12-28-30(14-21)13-19-5-6-20(27)11-23(19)26/h2-12,14H,13,15H2,1H3,(H,29,32). The molecule has 0 unspecified atom stereocenters. The summed E-state index contributed by atoms with van der Waals surface area (Å²) in [6.45, 7) is 2.16. The molecule has 0 bridgehead atoms. The van der Waals surface area contributed by atoms with Crippen LogP contribution in [0.2, 0.25) is 5.02 Å². The van der Waals surface area contributed by atoms with E-state index in [1.165, 1.54) is 24.4 Å². The molecule has 0 fully saturated rings. The lowest BCUT2D eigenvalue weighted by Crippen LogP contribution is -2.12. The van der Waals surface area contributed by atoms with E-state index in [0.717, 1.165) is 5.56 Å². The van der Waals surface area contributed by atoms with E-state index < -0.39 is 10.7 Å². The van der Waals surface area contributed by atoms with Crippen LogP contribution < -0.4 is 10.1 Å². The van der Waals surface area contributed by atoms with Gasteiger partial charge in [0, 0.05) is 28.4 Å². The van der Waals surface area contributed by atoms with Crippen molar-refractivity contribution in [3.05, 3.63) is 116 Å². The van der Waals surface area contributed by atoms with Gasteiger partial charge in [0.2, 0.25) is 0 Å². The molecule has 0 saturated carbocycles. The minimum Gasteiger partial charge on any atom is -0.489 e. The number of aromatic nitrogens is 2. The van der Waals surface area contributed by atoms with E-state index in [1.54, 1.807) is 54.2 Å². The molecule has 35 heavy (non-hydrogen) atoms. The van der Waals surface area contributed by atoms with Crippen LogP contribution in [0.25, 0.3) is 0 Å². The van der Waals surface area contributed by atoms with Gasteiger partial charge in [-0.1, -0.05) is 29.8 Å². The van der Waals surface area contributed by atoms with Crippen molar-refractivity contribution in [1.82, 2.24) is 9.78 Å². The lowest BCUT2D eigenvalue weighted by atomic mass is 10.1. The number of hydrogen-bond donors (Lipinski definition) is 1. The number of nitro groups is 1. The third kappa shape index (κ3) is 6.01. The maximum Gasteiger partial charge on any atom is 0.272 e. The second-order valence-electron chi connectivity index (χ2n) is 7.81. The number of nitrogens with zero attached hydrogens (tertiary/aromatic N) is 3. The topological polar surface area (TPSA) is 99.3 Å². The first-order valence-electron chi connectivity index (χ1n) is 10.5. The van der Waals surface area contributed by atoms with Gasteiger partial charge in [-0.25, -0.2) is 4.39 Å². The van der Waals surface area contributed by atoms with Gasteiger partial charge in [0.1, 0.15) is 18.2 Å². The number of halogens is 2. The molecular weight excluding hydrogens is 475 g/mol. The zero-order valence-corrected chi connectivity index (χ0v) is 19.3. The van der Waals surface area contributed by atoms with Gasteiger partial charge in [0.25, 0.3) is 11.6 Å². The minimum atomic E-state index is -0.442. The number of carbonyl (C=O) groups excluding carboxylic acids is 1. The summed E-state index contributed by atoms with van der Waals surface area (Å²) in [5.41, 5.74) is 2.92. The molecule has 1 N–H and O–H groups in total. The summed E-state index contributed by atoms with van der Waals surface area (Å²) >= 11 is 6.07. The SMILES string of the molecule is Cc1cc(OCc2cccc(C(=O)Nc3cnn(Cc4ccc(F)cc4Cl)c3)c2)ccc1[N+](=O)[O-]. The van der Waals surface area contributed by atoms with Crippen molar-refractivity contribution in [2.45, 2.75) is 20.1 Å². The van der Waals surface area contributed by atoms with Gasteiger partial charge in [-0.15, -0.1) is 0 Å². The molecule has 0 radical (unpaired) electrons. The number of rotatable bonds is 8. The van der Waals surface area contributed by atoms with Crippen LogP contribution in [-0.4, -0.2) is 20.6 Å². The van der Waals surface area contributed by atoms with Gasteiger partial charge < -0.3 is 10.1 Å². The van der Waals surface area contributed by atoms with Crippen molar-refractivity contribution >= 4 is 28.9 Å².